The molecule has 2 atom stereocenters. The molecule has 22 heavy (non-hydrogen) atoms. The van der Waals surface area contributed by atoms with Gasteiger partial charge in [0.15, 0.2) is 0 Å². The van der Waals surface area contributed by atoms with Gasteiger partial charge in [0.2, 0.25) is 11.9 Å². The summed E-state index contributed by atoms with van der Waals surface area (Å²) >= 11 is 5.93. The predicted octanol–water partition coefficient (Wildman–Crippen LogP) is 2.23. The lowest BCUT2D eigenvalue weighted by Gasteiger charge is -2.33. The number of rotatable bonds is 5. The van der Waals surface area contributed by atoms with Gasteiger partial charge in [0.1, 0.15) is 11.0 Å². The number of nitrogens with two attached hydrogens (primary N) is 1. The summed E-state index contributed by atoms with van der Waals surface area (Å²) < 4.78 is 0. The predicted molar refractivity (Wildman–Crippen MR) is 88.9 cm³/mol. The number of carbonyl (C=O) groups is 1. The summed E-state index contributed by atoms with van der Waals surface area (Å²) in [4.78, 5) is 22.5. The number of nitrogen functional groups attached to an aromatic ring is 1. The van der Waals surface area contributed by atoms with Crippen LogP contribution < -0.4 is 16.0 Å². The van der Waals surface area contributed by atoms with Crippen LogP contribution in [0, 0.1) is 5.92 Å². The van der Waals surface area contributed by atoms with Crippen LogP contribution in [0.4, 0.5) is 11.8 Å². The maximum Gasteiger partial charge on any atom is 0.225 e. The van der Waals surface area contributed by atoms with Crippen LogP contribution in [0.5, 0.6) is 0 Å². The number of hydrogen-bond donors (Lipinski definition) is 2. The Morgan fingerprint density at radius 2 is 2.36 bits per heavy atom. The Bertz CT molecular complexity index is 504. The van der Waals surface area contributed by atoms with Crippen LogP contribution in [0.1, 0.15) is 39.5 Å². The number of aromatic nitrogens is 2. The summed E-state index contributed by atoms with van der Waals surface area (Å²) in [5, 5.41) is 3.42. The molecule has 1 aromatic rings. The molecule has 0 aromatic carbocycles. The number of nitrogens with zero attached hydrogens (tertiary/aromatic N) is 3. The van der Waals surface area contributed by atoms with Gasteiger partial charge < -0.3 is 16.0 Å². The van der Waals surface area contributed by atoms with Crippen molar-refractivity contribution in [2.75, 3.05) is 23.7 Å². The van der Waals surface area contributed by atoms with E-state index in [1.165, 1.54) is 0 Å². The zero-order chi connectivity index (χ0) is 16.1. The topological polar surface area (TPSA) is 84.1 Å². The lowest BCUT2D eigenvalue weighted by atomic mass is 9.96. The normalized spacial score (nSPS) is 19.8. The SMILES string of the molecule is CCCC(C)NC(=O)C1CCCN(c2cc(Cl)nc(N)n2)C1. The van der Waals surface area contributed by atoms with E-state index in [2.05, 4.69) is 27.1 Å². The molecule has 0 spiro atoms. The minimum atomic E-state index is -0.0250. The molecule has 0 bridgehead atoms. The molecule has 6 nitrogen and oxygen atoms in total. The zero-order valence-electron chi connectivity index (χ0n) is 13.2. The highest BCUT2D eigenvalue weighted by Gasteiger charge is 2.27. The molecule has 7 heteroatoms. The summed E-state index contributed by atoms with van der Waals surface area (Å²) in [6.45, 7) is 5.65. The monoisotopic (exact) mass is 325 g/mol. The number of halogens is 1. The van der Waals surface area contributed by atoms with Crippen LogP contribution in [0.3, 0.4) is 0 Å². The van der Waals surface area contributed by atoms with Crippen molar-refractivity contribution < 1.29 is 4.79 Å². The van der Waals surface area contributed by atoms with Gasteiger partial charge in [-0.3, -0.25) is 4.79 Å². The van der Waals surface area contributed by atoms with Crippen molar-refractivity contribution in [2.45, 2.75) is 45.6 Å². The Hall–Kier alpha value is -1.56. The van der Waals surface area contributed by atoms with Crippen LogP contribution in [-0.4, -0.2) is 35.0 Å². The number of anilines is 2. The first kappa shape index (κ1) is 16.8. The maximum atomic E-state index is 12.4. The molecule has 2 unspecified atom stereocenters. The highest BCUT2D eigenvalue weighted by atomic mass is 35.5. The maximum absolute atomic E-state index is 12.4. The molecule has 122 valence electrons. The molecule has 3 N–H and O–H groups in total. The fourth-order valence-electron chi connectivity index (χ4n) is 2.85. The van der Waals surface area contributed by atoms with Crippen LogP contribution in [0.15, 0.2) is 6.07 Å². The zero-order valence-corrected chi connectivity index (χ0v) is 13.9. The summed E-state index contributed by atoms with van der Waals surface area (Å²) in [6.07, 6.45) is 3.91. The van der Waals surface area contributed by atoms with Gasteiger partial charge in [-0.05, 0) is 26.2 Å². The third kappa shape index (κ3) is 4.47. The number of carbonyl (C=O) groups excluding carboxylic acids is 1. The van der Waals surface area contributed by atoms with E-state index in [0.717, 1.165) is 32.2 Å². The van der Waals surface area contributed by atoms with E-state index in [1.807, 2.05) is 6.92 Å². The lowest BCUT2D eigenvalue weighted by Crippen LogP contribution is -2.45. The Labute approximate surface area is 136 Å². The summed E-state index contributed by atoms with van der Waals surface area (Å²) in [5.74, 6) is 0.948. The van der Waals surface area contributed by atoms with Gasteiger partial charge in [0.25, 0.3) is 0 Å². The molecule has 1 saturated heterocycles. The summed E-state index contributed by atoms with van der Waals surface area (Å²) in [7, 11) is 0. The van der Waals surface area contributed by atoms with Crippen molar-refractivity contribution in [2.24, 2.45) is 5.92 Å². The highest BCUT2D eigenvalue weighted by molar-refractivity contribution is 6.29. The standard InChI is InChI=1S/C15H24ClN5O/c1-3-5-10(2)18-14(22)11-6-4-7-21(9-11)13-8-12(16)19-15(17)20-13/h8,10-11H,3-7,9H2,1-2H3,(H,18,22)(H2,17,19,20). The average molecular weight is 326 g/mol. The van der Waals surface area contributed by atoms with E-state index < -0.39 is 0 Å². The Morgan fingerprint density at radius 3 is 3.05 bits per heavy atom. The highest BCUT2D eigenvalue weighted by Crippen LogP contribution is 2.24. The van der Waals surface area contributed by atoms with E-state index in [1.54, 1.807) is 6.07 Å². The van der Waals surface area contributed by atoms with Crippen molar-refractivity contribution in [3.63, 3.8) is 0 Å². The Morgan fingerprint density at radius 1 is 1.59 bits per heavy atom. The molecular formula is C15H24ClN5O. The minimum Gasteiger partial charge on any atom is -0.368 e. The van der Waals surface area contributed by atoms with Gasteiger partial charge in [-0.15, -0.1) is 0 Å². The lowest BCUT2D eigenvalue weighted by molar-refractivity contribution is -0.125. The van der Waals surface area contributed by atoms with Crippen molar-refractivity contribution >= 4 is 29.3 Å². The molecule has 0 aliphatic carbocycles. The fourth-order valence-corrected chi connectivity index (χ4v) is 3.03. The second-order valence-corrected chi connectivity index (χ2v) is 6.28. The third-order valence-electron chi connectivity index (χ3n) is 3.93. The van der Waals surface area contributed by atoms with E-state index in [-0.39, 0.29) is 23.8 Å². The van der Waals surface area contributed by atoms with Gasteiger partial charge in [0.05, 0.1) is 5.92 Å². The van der Waals surface area contributed by atoms with Gasteiger partial charge in [-0.25, -0.2) is 4.98 Å². The average Bonchev–Trinajstić information content (AvgIpc) is 2.46. The Kier molecular flexibility index (Phi) is 5.83. The van der Waals surface area contributed by atoms with E-state index in [0.29, 0.717) is 17.5 Å². The first-order chi connectivity index (χ1) is 10.5. The minimum absolute atomic E-state index is 0.0250. The van der Waals surface area contributed by atoms with Gasteiger partial charge in [-0.2, -0.15) is 4.98 Å². The van der Waals surface area contributed by atoms with E-state index in [4.69, 9.17) is 17.3 Å². The number of piperidine rings is 1. The third-order valence-corrected chi connectivity index (χ3v) is 4.12. The van der Waals surface area contributed by atoms with Crippen LogP contribution in [0.25, 0.3) is 0 Å². The van der Waals surface area contributed by atoms with E-state index in [9.17, 15) is 4.79 Å². The van der Waals surface area contributed by atoms with Gasteiger partial charge in [-0.1, -0.05) is 24.9 Å². The largest absolute Gasteiger partial charge is 0.368 e. The number of hydrogen-bond acceptors (Lipinski definition) is 5. The van der Waals surface area contributed by atoms with Crippen molar-refractivity contribution in [3.8, 4) is 0 Å². The summed E-state index contributed by atoms with van der Waals surface area (Å²) in [5.41, 5.74) is 5.65. The molecular weight excluding hydrogens is 302 g/mol. The summed E-state index contributed by atoms with van der Waals surface area (Å²) in [6, 6.07) is 1.91. The molecule has 0 saturated carbocycles. The smallest absolute Gasteiger partial charge is 0.225 e. The molecule has 1 aromatic heterocycles. The first-order valence-corrected chi connectivity index (χ1v) is 8.22. The Balaban J connectivity index is 2.00. The van der Waals surface area contributed by atoms with Crippen molar-refractivity contribution in [1.82, 2.24) is 15.3 Å². The molecule has 1 aliphatic heterocycles. The van der Waals surface area contributed by atoms with Crippen LogP contribution >= 0.6 is 11.6 Å². The number of nitrogens with one attached hydrogen (secondary N) is 1. The van der Waals surface area contributed by atoms with Crippen molar-refractivity contribution in [1.29, 1.82) is 0 Å². The molecule has 1 amide bonds. The second-order valence-electron chi connectivity index (χ2n) is 5.89. The molecule has 1 aliphatic rings. The van der Waals surface area contributed by atoms with E-state index >= 15 is 0 Å². The molecule has 2 heterocycles. The van der Waals surface area contributed by atoms with Gasteiger partial charge >= 0.3 is 0 Å². The fraction of sp³-hybridized carbons (Fsp3) is 0.667. The van der Waals surface area contributed by atoms with Gasteiger partial charge in [0, 0.05) is 25.2 Å². The first-order valence-electron chi connectivity index (χ1n) is 7.85. The molecule has 2 rings (SSSR count). The second kappa shape index (κ2) is 7.63. The van der Waals surface area contributed by atoms with Crippen LogP contribution in [0.2, 0.25) is 5.15 Å². The quantitative estimate of drug-likeness (QED) is 0.811. The van der Waals surface area contributed by atoms with Crippen molar-refractivity contribution in [3.05, 3.63) is 11.2 Å². The number of amides is 1. The molecule has 1 fully saturated rings. The van der Waals surface area contributed by atoms with Crippen LogP contribution in [-0.2, 0) is 4.79 Å². The molecule has 0 radical (unpaired) electrons.